The Bertz CT molecular complexity index is 473. The number of aryl methyl sites for hydroxylation is 2. The van der Waals surface area contributed by atoms with E-state index >= 15 is 0 Å². The monoisotopic (exact) mass is 259 g/mol. The van der Waals surface area contributed by atoms with Gasteiger partial charge in [-0.3, -0.25) is 4.98 Å². The molecule has 1 saturated heterocycles. The molecule has 1 aliphatic heterocycles. The number of aromatic nitrogens is 1. The molecule has 0 aliphatic carbocycles. The second-order valence-corrected chi connectivity index (χ2v) is 6.17. The lowest BCUT2D eigenvalue weighted by Crippen LogP contribution is -2.41. The van der Waals surface area contributed by atoms with E-state index in [2.05, 4.69) is 44.8 Å². The van der Waals surface area contributed by atoms with Gasteiger partial charge in [0, 0.05) is 11.4 Å². The van der Waals surface area contributed by atoms with Crippen molar-refractivity contribution in [2.45, 2.75) is 52.7 Å². The van der Waals surface area contributed by atoms with Crippen LogP contribution >= 0.6 is 0 Å². The maximum absolute atomic E-state index is 5.92. The van der Waals surface area contributed by atoms with Gasteiger partial charge >= 0.3 is 7.12 Å². The van der Waals surface area contributed by atoms with Crippen LogP contribution in [0.3, 0.4) is 0 Å². The normalized spacial score (nSPS) is 21.3. The predicted molar refractivity (Wildman–Crippen MR) is 78.8 cm³/mol. The van der Waals surface area contributed by atoms with Crippen LogP contribution in [-0.2, 0) is 9.31 Å². The van der Waals surface area contributed by atoms with Crippen LogP contribution in [0.1, 0.15) is 44.6 Å². The molecule has 0 spiro atoms. The average molecular weight is 259 g/mol. The molecule has 0 N–H and O–H groups in total. The third kappa shape index (κ3) is 3.07. The fourth-order valence-electron chi connectivity index (χ4n) is 2.12. The van der Waals surface area contributed by atoms with E-state index in [0.717, 1.165) is 17.0 Å². The van der Waals surface area contributed by atoms with Crippen molar-refractivity contribution in [2.24, 2.45) is 0 Å². The molecule has 102 valence electrons. The Labute approximate surface area is 116 Å². The van der Waals surface area contributed by atoms with Gasteiger partial charge in [0.2, 0.25) is 0 Å². The summed E-state index contributed by atoms with van der Waals surface area (Å²) in [4.78, 5) is 4.36. The Balaban J connectivity index is 2.12. The molecule has 1 fully saturated rings. The van der Waals surface area contributed by atoms with Gasteiger partial charge in [0.15, 0.2) is 0 Å². The third-order valence-corrected chi connectivity index (χ3v) is 3.82. The number of hydrogen-bond donors (Lipinski definition) is 0. The molecule has 0 aromatic carbocycles. The van der Waals surface area contributed by atoms with Gasteiger partial charge in [-0.05, 0) is 59.2 Å². The Hall–Kier alpha value is -1.13. The highest BCUT2D eigenvalue weighted by Crippen LogP contribution is 2.37. The first-order chi connectivity index (χ1) is 8.69. The van der Waals surface area contributed by atoms with E-state index in [1.54, 1.807) is 0 Å². The van der Waals surface area contributed by atoms with Crippen LogP contribution in [0.15, 0.2) is 18.1 Å². The van der Waals surface area contributed by atoms with Gasteiger partial charge < -0.3 is 9.31 Å². The van der Waals surface area contributed by atoms with Gasteiger partial charge in [0.1, 0.15) is 0 Å². The molecule has 1 aliphatic rings. The molecule has 0 bridgehead atoms. The van der Waals surface area contributed by atoms with Crippen LogP contribution in [0.5, 0.6) is 0 Å². The van der Waals surface area contributed by atoms with Crippen LogP contribution < -0.4 is 0 Å². The van der Waals surface area contributed by atoms with E-state index in [9.17, 15) is 0 Å². The lowest BCUT2D eigenvalue weighted by Gasteiger charge is -2.32. The quantitative estimate of drug-likeness (QED) is 0.763. The molecule has 1 aromatic rings. The van der Waals surface area contributed by atoms with Gasteiger partial charge in [-0.25, -0.2) is 0 Å². The maximum atomic E-state index is 5.92. The summed E-state index contributed by atoms with van der Waals surface area (Å²) < 4.78 is 11.8. The van der Waals surface area contributed by atoms with Crippen molar-refractivity contribution in [1.29, 1.82) is 0 Å². The Morgan fingerprint density at radius 2 is 1.47 bits per heavy atom. The van der Waals surface area contributed by atoms with Gasteiger partial charge in [0.25, 0.3) is 0 Å². The summed E-state index contributed by atoms with van der Waals surface area (Å²) in [5.74, 6) is 1.96. The summed E-state index contributed by atoms with van der Waals surface area (Å²) in [6, 6.07) is 4.10. The van der Waals surface area contributed by atoms with Crippen molar-refractivity contribution < 1.29 is 9.31 Å². The summed E-state index contributed by atoms with van der Waals surface area (Å²) in [6.45, 7) is 12.2. The smallest absolute Gasteiger partial charge is 0.400 e. The number of pyridine rings is 1. The lowest BCUT2D eigenvalue weighted by molar-refractivity contribution is 0.00578. The first-order valence-electron chi connectivity index (χ1n) is 6.69. The van der Waals surface area contributed by atoms with Crippen molar-refractivity contribution in [1.82, 2.24) is 4.98 Å². The molecule has 0 saturated carbocycles. The molecule has 2 heterocycles. The van der Waals surface area contributed by atoms with Crippen LogP contribution in [0.25, 0.3) is 6.08 Å². The second-order valence-electron chi connectivity index (χ2n) is 6.17. The highest BCUT2D eigenvalue weighted by Gasteiger charge is 2.49. The largest absolute Gasteiger partial charge is 0.487 e. The Morgan fingerprint density at radius 3 is 1.95 bits per heavy atom. The second kappa shape index (κ2) is 4.76. The number of rotatable bonds is 2. The van der Waals surface area contributed by atoms with Crippen molar-refractivity contribution >= 4 is 13.2 Å². The molecule has 19 heavy (non-hydrogen) atoms. The minimum absolute atomic E-state index is 0.286. The third-order valence-electron chi connectivity index (χ3n) is 3.82. The molecule has 0 radical (unpaired) electrons. The summed E-state index contributed by atoms with van der Waals surface area (Å²) in [5, 5.41) is 0. The topological polar surface area (TPSA) is 31.4 Å². The van der Waals surface area contributed by atoms with Crippen molar-refractivity contribution in [3.05, 3.63) is 35.1 Å². The zero-order valence-electron chi connectivity index (χ0n) is 12.7. The molecular formula is C15H22BNO2. The summed E-state index contributed by atoms with van der Waals surface area (Å²) >= 11 is 0. The van der Waals surface area contributed by atoms with Crippen molar-refractivity contribution in [3.63, 3.8) is 0 Å². The maximum Gasteiger partial charge on any atom is 0.487 e. The SMILES string of the molecule is Cc1cc(/C=C/B2OC(C)(C)C(C)(C)O2)cc(C)n1. The fraction of sp³-hybridized carbons (Fsp3) is 0.533. The first kappa shape index (κ1) is 14.3. The highest BCUT2D eigenvalue weighted by atomic mass is 16.7. The van der Waals surface area contributed by atoms with Crippen LogP contribution in [0, 0.1) is 13.8 Å². The molecule has 3 nitrogen and oxygen atoms in total. The standard InChI is InChI=1S/C15H22BNO2/c1-11-9-13(10-12(2)17-11)7-8-16-18-14(3,4)15(5,6)19-16/h7-10H,1-6H3/b8-7+. The summed E-state index contributed by atoms with van der Waals surface area (Å²) in [7, 11) is -0.293. The first-order valence-corrected chi connectivity index (χ1v) is 6.69. The van der Waals surface area contributed by atoms with Crippen LogP contribution in [0.4, 0.5) is 0 Å². The van der Waals surface area contributed by atoms with E-state index in [-0.39, 0.29) is 18.3 Å². The molecule has 0 unspecified atom stereocenters. The Morgan fingerprint density at radius 1 is 1.00 bits per heavy atom. The van der Waals surface area contributed by atoms with E-state index in [4.69, 9.17) is 9.31 Å². The molecular weight excluding hydrogens is 237 g/mol. The van der Waals surface area contributed by atoms with Gasteiger partial charge in [-0.15, -0.1) is 0 Å². The molecule has 4 heteroatoms. The highest BCUT2D eigenvalue weighted by molar-refractivity contribution is 6.52. The lowest BCUT2D eigenvalue weighted by atomic mass is 9.89. The molecule has 1 aromatic heterocycles. The van der Waals surface area contributed by atoms with Crippen molar-refractivity contribution in [2.75, 3.05) is 0 Å². The minimum Gasteiger partial charge on any atom is -0.400 e. The fourth-order valence-corrected chi connectivity index (χ4v) is 2.12. The minimum atomic E-state index is -0.293. The zero-order valence-corrected chi connectivity index (χ0v) is 12.7. The number of nitrogens with zero attached hydrogens (tertiary/aromatic N) is 1. The van der Waals surface area contributed by atoms with E-state index in [1.165, 1.54) is 0 Å². The van der Waals surface area contributed by atoms with Gasteiger partial charge in [0.05, 0.1) is 11.2 Å². The molecule has 0 amide bonds. The number of hydrogen-bond acceptors (Lipinski definition) is 3. The zero-order chi connectivity index (χ0) is 14.3. The predicted octanol–water partition coefficient (Wildman–Crippen LogP) is 3.34. The Kier molecular flexibility index (Phi) is 3.58. The van der Waals surface area contributed by atoms with E-state index < -0.39 is 0 Å². The molecule has 0 atom stereocenters. The average Bonchev–Trinajstić information content (AvgIpc) is 2.43. The van der Waals surface area contributed by atoms with Crippen LogP contribution in [-0.4, -0.2) is 23.3 Å². The van der Waals surface area contributed by atoms with E-state index in [0.29, 0.717) is 0 Å². The molecule has 2 rings (SSSR count). The van der Waals surface area contributed by atoms with E-state index in [1.807, 2.05) is 25.9 Å². The van der Waals surface area contributed by atoms with Crippen LogP contribution in [0.2, 0.25) is 0 Å². The summed E-state index contributed by atoms with van der Waals surface area (Å²) in [5.41, 5.74) is 2.60. The van der Waals surface area contributed by atoms with Gasteiger partial charge in [-0.2, -0.15) is 0 Å². The van der Waals surface area contributed by atoms with Gasteiger partial charge in [-0.1, -0.05) is 12.1 Å². The summed E-state index contributed by atoms with van der Waals surface area (Å²) in [6.07, 6.45) is 2.03. The van der Waals surface area contributed by atoms with Crippen molar-refractivity contribution in [3.8, 4) is 0 Å².